The number of rotatable bonds is 3. The molecule has 0 bridgehead atoms. The fraction of sp³-hybridized carbons (Fsp3) is 0.583. The predicted octanol–water partition coefficient (Wildman–Crippen LogP) is 3.15. The Morgan fingerprint density at radius 1 is 1.69 bits per heavy atom. The molecule has 2 nitrogen and oxygen atoms in total. The van der Waals surface area contributed by atoms with Crippen molar-refractivity contribution < 1.29 is 4.79 Å². The summed E-state index contributed by atoms with van der Waals surface area (Å²) in [6.45, 7) is 2.94. The van der Waals surface area contributed by atoms with Crippen LogP contribution < -0.4 is 0 Å². The number of alkyl halides is 1. The number of nitrogens with zero attached hydrogens (tertiary/aromatic N) is 1. The molecule has 1 aliphatic rings. The number of thiophene rings is 1. The number of carbonyl (C=O) groups excluding carboxylic acids is 1. The summed E-state index contributed by atoms with van der Waals surface area (Å²) in [6.07, 6.45) is 3.04. The van der Waals surface area contributed by atoms with E-state index in [2.05, 4.69) is 6.92 Å². The van der Waals surface area contributed by atoms with E-state index in [1.54, 1.807) is 11.3 Å². The molecular weight excluding hydrogens is 242 g/mol. The van der Waals surface area contributed by atoms with Crippen molar-refractivity contribution in [1.29, 1.82) is 0 Å². The van der Waals surface area contributed by atoms with Gasteiger partial charge >= 0.3 is 0 Å². The molecule has 0 spiro atoms. The maximum absolute atomic E-state index is 12.3. The van der Waals surface area contributed by atoms with Gasteiger partial charge < -0.3 is 4.90 Å². The van der Waals surface area contributed by atoms with E-state index >= 15 is 0 Å². The van der Waals surface area contributed by atoms with Gasteiger partial charge in [-0.15, -0.1) is 22.9 Å². The molecule has 0 aliphatic carbocycles. The second-order valence-electron chi connectivity index (χ2n) is 4.08. The molecule has 1 atom stereocenters. The highest BCUT2D eigenvalue weighted by Crippen LogP contribution is 2.25. The average Bonchev–Trinajstić information content (AvgIpc) is 2.96. The summed E-state index contributed by atoms with van der Waals surface area (Å²) in [5.41, 5.74) is 1.16. The van der Waals surface area contributed by atoms with E-state index in [9.17, 15) is 4.79 Å². The maximum atomic E-state index is 12.3. The van der Waals surface area contributed by atoms with Crippen LogP contribution in [0.3, 0.4) is 0 Å². The minimum atomic E-state index is 0.176. The molecule has 1 fully saturated rings. The summed E-state index contributed by atoms with van der Waals surface area (Å²) >= 11 is 7.44. The van der Waals surface area contributed by atoms with Gasteiger partial charge in [0.2, 0.25) is 0 Å². The molecule has 88 valence electrons. The van der Waals surface area contributed by atoms with E-state index in [1.165, 1.54) is 0 Å². The minimum Gasteiger partial charge on any atom is -0.334 e. The summed E-state index contributed by atoms with van der Waals surface area (Å²) in [5, 5.41) is 2.00. The highest BCUT2D eigenvalue weighted by molar-refractivity contribution is 7.12. The van der Waals surface area contributed by atoms with Gasteiger partial charge in [-0.1, -0.05) is 6.92 Å². The standard InChI is InChI=1S/C12H16ClNOS/c1-2-9-5-7-16-11(9)12(15)14-6-3-4-10(14)8-13/h5,7,10H,2-4,6,8H2,1H3. The van der Waals surface area contributed by atoms with Crippen LogP contribution in [0.4, 0.5) is 0 Å². The molecule has 1 unspecified atom stereocenters. The van der Waals surface area contributed by atoms with Crippen molar-refractivity contribution in [2.75, 3.05) is 12.4 Å². The first-order chi connectivity index (χ1) is 7.77. The van der Waals surface area contributed by atoms with Gasteiger partial charge in [-0.3, -0.25) is 4.79 Å². The molecule has 0 radical (unpaired) electrons. The van der Waals surface area contributed by atoms with Crippen molar-refractivity contribution in [2.24, 2.45) is 0 Å². The van der Waals surface area contributed by atoms with Crippen molar-refractivity contribution in [1.82, 2.24) is 4.90 Å². The van der Waals surface area contributed by atoms with Crippen molar-refractivity contribution >= 4 is 28.8 Å². The first-order valence-corrected chi connectivity index (χ1v) is 7.12. The molecule has 16 heavy (non-hydrogen) atoms. The van der Waals surface area contributed by atoms with Crippen LogP contribution in [0.25, 0.3) is 0 Å². The second-order valence-corrected chi connectivity index (χ2v) is 5.30. The number of halogens is 1. The monoisotopic (exact) mass is 257 g/mol. The van der Waals surface area contributed by atoms with Gasteiger partial charge in [0.05, 0.1) is 4.88 Å². The molecule has 0 saturated carbocycles. The summed E-state index contributed by atoms with van der Waals surface area (Å²) in [6, 6.07) is 2.28. The van der Waals surface area contributed by atoms with Crippen LogP contribution in [0.2, 0.25) is 0 Å². The number of aryl methyl sites for hydroxylation is 1. The Morgan fingerprint density at radius 2 is 2.50 bits per heavy atom. The summed E-state index contributed by atoms with van der Waals surface area (Å²) in [5.74, 6) is 0.730. The van der Waals surface area contributed by atoms with E-state index < -0.39 is 0 Å². The molecule has 2 heterocycles. The number of hydrogen-bond donors (Lipinski definition) is 0. The lowest BCUT2D eigenvalue weighted by Gasteiger charge is -2.22. The van der Waals surface area contributed by atoms with E-state index in [0.717, 1.165) is 36.2 Å². The third kappa shape index (κ3) is 2.11. The fourth-order valence-corrected chi connectivity index (χ4v) is 3.47. The summed E-state index contributed by atoms with van der Waals surface area (Å²) < 4.78 is 0. The second kappa shape index (κ2) is 5.19. The number of carbonyl (C=O) groups is 1. The van der Waals surface area contributed by atoms with Crippen LogP contribution in [0.1, 0.15) is 35.0 Å². The Morgan fingerprint density at radius 3 is 3.19 bits per heavy atom. The van der Waals surface area contributed by atoms with E-state index in [4.69, 9.17) is 11.6 Å². The quantitative estimate of drug-likeness (QED) is 0.762. The molecule has 2 rings (SSSR count). The Bertz CT molecular complexity index is 377. The van der Waals surface area contributed by atoms with E-state index in [-0.39, 0.29) is 11.9 Å². The number of hydrogen-bond acceptors (Lipinski definition) is 2. The molecule has 1 aliphatic heterocycles. The summed E-state index contributed by atoms with van der Waals surface area (Å²) in [7, 11) is 0. The van der Waals surface area contributed by atoms with Crippen LogP contribution in [-0.4, -0.2) is 29.3 Å². The average molecular weight is 258 g/mol. The molecule has 0 N–H and O–H groups in total. The molecule has 1 saturated heterocycles. The van der Waals surface area contributed by atoms with Crippen LogP contribution in [0, 0.1) is 0 Å². The normalized spacial score (nSPS) is 20.4. The van der Waals surface area contributed by atoms with Crippen LogP contribution >= 0.6 is 22.9 Å². The Balaban J connectivity index is 2.18. The molecular formula is C12H16ClNOS. The third-order valence-corrected chi connectivity index (χ3v) is 4.44. The molecule has 1 amide bonds. The van der Waals surface area contributed by atoms with Gasteiger partial charge in [0.15, 0.2) is 0 Å². The SMILES string of the molecule is CCc1ccsc1C(=O)N1CCCC1CCl. The largest absolute Gasteiger partial charge is 0.334 e. The zero-order valence-corrected chi connectivity index (χ0v) is 11.0. The van der Waals surface area contributed by atoms with Gasteiger partial charge in [-0.2, -0.15) is 0 Å². The third-order valence-electron chi connectivity index (χ3n) is 3.14. The first-order valence-electron chi connectivity index (χ1n) is 5.71. The van der Waals surface area contributed by atoms with Gasteiger partial charge in [0.25, 0.3) is 5.91 Å². The van der Waals surface area contributed by atoms with Crippen molar-refractivity contribution in [2.45, 2.75) is 32.2 Å². The Hall–Kier alpha value is -0.540. The highest BCUT2D eigenvalue weighted by Gasteiger charge is 2.30. The fourth-order valence-electron chi connectivity index (χ4n) is 2.20. The first kappa shape index (κ1) is 11.9. The lowest BCUT2D eigenvalue weighted by Crippen LogP contribution is -2.36. The minimum absolute atomic E-state index is 0.176. The van der Waals surface area contributed by atoms with Gasteiger partial charge in [0.1, 0.15) is 0 Å². The smallest absolute Gasteiger partial charge is 0.264 e. The summed E-state index contributed by atoms with van der Waals surface area (Å²) in [4.78, 5) is 15.2. The molecule has 1 aromatic rings. The van der Waals surface area contributed by atoms with E-state index in [0.29, 0.717) is 5.88 Å². The van der Waals surface area contributed by atoms with Crippen molar-refractivity contribution in [3.8, 4) is 0 Å². The van der Waals surface area contributed by atoms with Crippen molar-refractivity contribution in [3.05, 3.63) is 21.9 Å². The zero-order valence-electron chi connectivity index (χ0n) is 9.41. The van der Waals surface area contributed by atoms with Crippen LogP contribution in [0.5, 0.6) is 0 Å². The predicted molar refractivity (Wildman–Crippen MR) is 68.5 cm³/mol. The van der Waals surface area contributed by atoms with Crippen LogP contribution in [-0.2, 0) is 6.42 Å². The molecule has 1 aromatic heterocycles. The lowest BCUT2D eigenvalue weighted by molar-refractivity contribution is 0.0753. The molecule has 4 heteroatoms. The van der Waals surface area contributed by atoms with Gasteiger partial charge in [-0.25, -0.2) is 0 Å². The van der Waals surface area contributed by atoms with Crippen molar-refractivity contribution in [3.63, 3.8) is 0 Å². The van der Waals surface area contributed by atoms with Gasteiger partial charge in [0, 0.05) is 18.5 Å². The Kier molecular flexibility index (Phi) is 3.87. The van der Waals surface area contributed by atoms with Crippen LogP contribution in [0.15, 0.2) is 11.4 Å². The number of likely N-dealkylation sites (tertiary alicyclic amines) is 1. The topological polar surface area (TPSA) is 20.3 Å². The van der Waals surface area contributed by atoms with E-state index in [1.807, 2.05) is 16.3 Å². The highest BCUT2D eigenvalue weighted by atomic mass is 35.5. The lowest BCUT2D eigenvalue weighted by atomic mass is 10.2. The zero-order chi connectivity index (χ0) is 11.5. The number of amides is 1. The maximum Gasteiger partial charge on any atom is 0.264 e. The van der Waals surface area contributed by atoms with Gasteiger partial charge in [-0.05, 0) is 36.3 Å². The molecule has 0 aromatic carbocycles. The Labute approximate surface area is 105 Å².